The number of hydrogen-bond acceptors (Lipinski definition) is 3. The lowest BCUT2D eigenvalue weighted by Gasteiger charge is -2.15. The minimum absolute atomic E-state index is 0.000957. The predicted octanol–water partition coefficient (Wildman–Crippen LogP) is 2.22. The number of rotatable bonds is 4. The number of carbonyl (C=O) groups excluding carboxylic acids is 2. The van der Waals surface area contributed by atoms with E-state index < -0.39 is 0 Å². The molecule has 1 heterocycles. The number of nitrogens with one attached hydrogen (secondary N) is 3. The molecule has 5 nitrogen and oxygen atoms in total. The Balaban J connectivity index is 1.93. The molecule has 0 saturated carbocycles. The summed E-state index contributed by atoms with van der Waals surface area (Å²) in [5.74, 6) is 0.281. The molecule has 1 aromatic carbocycles. The molecule has 2 rings (SSSR count). The van der Waals surface area contributed by atoms with Gasteiger partial charge >= 0.3 is 0 Å². The maximum absolute atomic E-state index is 12.1. The molecule has 0 bridgehead atoms. The number of hydrogen-bond donors (Lipinski definition) is 3. The fourth-order valence-electron chi connectivity index (χ4n) is 2.33. The van der Waals surface area contributed by atoms with Gasteiger partial charge in [0.15, 0.2) is 0 Å². The van der Waals surface area contributed by atoms with E-state index in [1.165, 1.54) is 0 Å². The average molecular weight is 289 g/mol. The van der Waals surface area contributed by atoms with Gasteiger partial charge in [0.1, 0.15) is 0 Å². The third-order valence-electron chi connectivity index (χ3n) is 3.76. The molecule has 2 amide bonds. The zero-order valence-corrected chi connectivity index (χ0v) is 12.8. The van der Waals surface area contributed by atoms with E-state index in [0.717, 1.165) is 24.3 Å². The second kappa shape index (κ2) is 6.72. The molecule has 1 fully saturated rings. The predicted molar refractivity (Wildman–Crippen MR) is 84.1 cm³/mol. The molecule has 1 aliphatic heterocycles. The first-order valence-corrected chi connectivity index (χ1v) is 7.42. The van der Waals surface area contributed by atoms with Crippen LogP contribution in [-0.4, -0.2) is 24.4 Å². The molecular formula is C16H23N3O2. The summed E-state index contributed by atoms with van der Waals surface area (Å²) in [6, 6.07) is 7.06. The van der Waals surface area contributed by atoms with E-state index in [0.29, 0.717) is 5.92 Å². The number of carbonyl (C=O) groups is 2. The Kier molecular flexibility index (Phi) is 4.96. The lowest BCUT2D eigenvalue weighted by atomic mass is 10.0. The molecule has 2 atom stereocenters. The van der Waals surface area contributed by atoms with Crippen molar-refractivity contribution in [1.82, 2.24) is 5.32 Å². The van der Waals surface area contributed by atoms with Crippen LogP contribution in [0.5, 0.6) is 0 Å². The fourth-order valence-corrected chi connectivity index (χ4v) is 2.33. The molecule has 5 heteroatoms. The van der Waals surface area contributed by atoms with E-state index in [2.05, 4.69) is 22.9 Å². The topological polar surface area (TPSA) is 70.2 Å². The van der Waals surface area contributed by atoms with Crippen LogP contribution in [0.25, 0.3) is 0 Å². The lowest BCUT2D eigenvalue weighted by molar-refractivity contribution is -0.119. The van der Waals surface area contributed by atoms with Crippen LogP contribution in [0.4, 0.5) is 11.4 Å². The highest BCUT2D eigenvalue weighted by molar-refractivity contribution is 5.96. The minimum Gasteiger partial charge on any atom is -0.326 e. The molecule has 1 aliphatic rings. The standard InChI is InChI=1S/C16H23N3O2/c1-10(2)15(20)18-12-4-6-13(7-5-12)19-16(21)14-11(3)8-9-17-14/h4-7,10-11,14,17H,8-9H2,1-3H3,(H,18,20)(H,19,21). The van der Waals surface area contributed by atoms with Crippen molar-refractivity contribution in [3.8, 4) is 0 Å². The molecule has 0 radical (unpaired) electrons. The van der Waals surface area contributed by atoms with E-state index in [1.54, 1.807) is 24.3 Å². The van der Waals surface area contributed by atoms with Gasteiger partial charge in [0.05, 0.1) is 6.04 Å². The van der Waals surface area contributed by atoms with Crippen LogP contribution in [0.15, 0.2) is 24.3 Å². The van der Waals surface area contributed by atoms with Gasteiger partial charge in [-0.25, -0.2) is 0 Å². The van der Waals surface area contributed by atoms with Gasteiger partial charge < -0.3 is 16.0 Å². The highest BCUT2D eigenvalue weighted by atomic mass is 16.2. The van der Waals surface area contributed by atoms with Crippen molar-refractivity contribution in [1.29, 1.82) is 0 Å². The van der Waals surface area contributed by atoms with Crippen LogP contribution >= 0.6 is 0 Å². The summed E-state index contributed by atoms with van der Waals surface area (Å²) in [5.41, 5.74) is 1.47. The summed E-state index contributed by atoms with van der Waals surface area (Å²) in [6.07, 6.45) is 1.03. The molecular weight excluding hydrogens is 266 g/mol. The van der Waals surface area contributed by atoms with Gasteiger partial charge in [-0.15, -0.1) is 0 Å². The molecule has 0 spiro atoms. The molecule has 21 heavy (non-hydrogen) atoms. The van der Waals surface area contributed by atoms with Gasteiger partial charge in [-0.1, -0.05) is 20.8 Å². The Morgan fingerprint density at radius 2 is 1.71 bits per heavy atom. The van der Waals surface area contributed by atoms with Crippen LogP contribution in [0.3, 0.4) is 0 Å². The van der Waals surface area contributed by atoms with Crippen LogP contribution < -0.4 is 16.0 Å². The maximum Gasteiger partial charge on any atom is 0.241 e. The Hall–Kier alpha value is -1.88. The lowest BCUT2D eigenvalue weighted by Crippen LogP contribution is -2.39. The highest BCUT2D eigenvalue weighted by Crippen LogP contribution is 2.18. The first-order valence-electron chi connectivity index (χ1n) is 7.42. The van der Waals surface area contributed by atoms with E-state index in [-0.39, 0.29) is 23.8 Å². The van der Waals surface area contributed by atoms with Gasteiger partial charge in [-0.3, -0.25) is 9.59 Å². The van der Waals surface area contributed by atoms with Crippen molar-refractivity contribution in [2.45, 2.75) is 33.2 Å². The van der Waals surface area contributed by atoms with E-state index in [1.807, 2.05) is 13.8 Å². The van der Waals surface area contributed by atoms with Crippen molar-refractivity contribution in [3.63, 3.8) is 0 Å². The maximum atomic E-state index is 12.1. The largest absolute Gasteiger partial charge is 0.326 e. The highest BCUT2D eigenvalue weighted by Gasteiger charge is 2.29. The summed E-state index contributed by atoms with van der Waals surface area (Å²) < 4.78 is 0. The van der Waals surface area contributed by atoms with E-state index in [4.69, 9.17) is 0 Å². The van der Waals surface area contributed by atoms with E-state index >= 15 is 0 Å². The smallest absolute Gasteiger partial charge is 0.241 e. The van der Waals surface area contributed by atoms with Crippen molar-refractivity contribution in [2.75, 3.05) is 17.2 Å². The van der Waals surface area contributed by atoms with Crippen molar-refractivity contribution < 1.29 is 9.59 Å². The Morgan fingerprint density at radius 1 is 1.14 bits per heavy atom. The SMILES string of the molecule is CC(C)C(=O)Nc1ccc(NC(=O)C2NCCC2C)cc1. The van der Waals surface area contributed by atoms with Gasteiger partial charge in [0.25, 0.3) is 0 Å². The molecule has 3 N–H and O–H groups in total. The normalized spacial score (nSPS) is 21.3. The molecule has 1 saturated heterocycles. The summed E-state index contributed by atoms with van der Waals surface area (Å²) >= 11 is 0. The van der Waals surface area contributed by atoms with Crippen molar-refractivity contribution >= 4 is 23.2 Å². The second-order valence-electron chi connectivity index (χ2n) is 5.91. The fraction of sp³-hybridized carbons (Fsp3) is 0.500. The summed E-state index contributed by atoms with van der Waals surface area (Å²) in [5, 5.41) is 8.93. The molecule has 114 valence electrons. The zero-order chi connectivity index (χ0) is 15.4. The van der Waals surface area contributed by atoms with Crippen LogP contribution in [-0.2, 0) is 9.59 Å². The van der Waals surface area contributed by atoms with Gasteiger partial charge in [0, 0.05) is 17.3 Å². The van der Waals surface area contributed by atoms with Crippen molar-refractivity contribution in [2.24, 2.45) is 11.8 Å². The first-order chi connectivity index (χ1) is 9.97. The quantitative estimate of drug-likeness (QED) is 0.796. The first kappa shape index (κ1) is 15.5. The average Bonchev–Trinajstić information content (AvgIpc) is 2.87. The van der Waals surface area contributed by atoms with Crippen LogP contribution in [0, 0.1) is 11.8 Å². The number of anilines is 2. The number of amides is 2. The van der Waals surface area contributed by atoms with Crippen LogP contribution in [0.1, 0.15) is 27.2 Å². The number of benzene rings is 1. The zero-order valence-electron chi connectivity index (χ0n) is 12.8. The van der Waals surface area contributed by atoms with Gasteiger partial charge in [0.2, 0.25) is 11.8 Å². The Morgan fingerprint density at radius 3 is 2.19 bits per heavy atom. The second-order valence-corrected chi connectivity index (χ2v) is 5.91. The Labute approximate surface area is 125 Å². The third kappa shape index (κ3) is 4.04. The van der Waals surface area contributed by atoms with Gasteiger partial charge in [-0.2, -0.15) is 0 Å². The summed E-state index contributed by atoms with van der Waals surface area (Å²) in [7, 11) is 0. The Bertz CT molecular complexity index is 511. The molecule has 0 aliphatic carbocycles. The third-order valence-corrected chi connectivity index (χ3v) is 3.76. The molecule has 2 unspecified atom stereocenters. The minimum atomic E-state index is -0.120. The monoisotopic (exact) mass is 289 g/mol. The summed E-state index contributed by atoms with van der Waals surface area (Å²) in [4.78, 5) is 23.7. The van der Waals surface area contributed by atoms with Gasteiger partial charge in [-0.05, 0) is 43.1 Å². The summed E-state index contributed by atoms with van der Waals surface area (Å²) in [6.45, 7) is 6.66. The molecule has 0 aromatic heterocycles. The molecule has 1 aromatic rings. The van der Waals surface area contributed by atoms with Crippen molar-refractivity contribution in [3.05, 3.63) is 24.3 Å². The van der Waals surface area contributed by atoms with Crippen LogP contribution in [0.2, 0.25) is 0 Å². The van der Waals surface area contributed by atoms with E-state index in [9.17, 15) is 9.59 Å².